The van der Waals surface area contributed by atoms with Crippen molar-refractivity contribution in [3.8, 4) is 0 Å². The van der Waals surface area contributed by atoms with E-state index in [0.717, 1.165) is 12.8 Å². The summed E-state index contributed by atoms with van der Waals surface area (Å²) in [6, 6.07) is 12.6. The maximum absolute atomic E-state index is 9.75. The number of nitrogens with zero attached hydrogens (tertiary/aromatic N) is 2. The first kappa shape index (κ1) is 27.9. The van der Waals surface area contributed by atoms with Crippen LogP contribution in [0.5, 0.6) is 0 Å². The van der Waals surface area contributed by atoms with Gasteiger partial charge in [0.2, 0.25) is 0 Å². The number of hydrogen-bond acceptors (Lipinski definition) is 0. The standard InChI is InChI=1S/C18H26N2.2BF4/c1-4-17(3)16-18(5-2,19-12-8-6-9-13-19)20-14-10-7-11-15-20;2*2-1(3,4)5/h6-15,17H,4-5,16H2,1-3H3;;/q+2;2*-1. The monoisotopic (exact) mass is 444 g/mol. The van der Waals surface area contributed by atoms with E-state index < -0.39 is 14.5 Å². The van der Waals surface area contributed by atoms with Crippen molar-refractivity contribution in [2.75, 3.05) is 0 Å². The molecule has 0 saturated heterocycles. The van der Waals surface area contributed by atoms with Gasteiger partial charge in [-0.25, -0.2) is 0 Å². The van der Waals surface area contributed by atoms with Crippen LogP contribution in [0, 0.1) is 5.92 Å². The molecule has 2 aromatic rings. The van der Waals surface area contributed by atoms with Gasteiger partial charge in [-0.2, -0.15) is 0 Å². The van der Waals surface area contributed by atoms with Gasteiger partial charge in [0, 0.05) is 24.3 Å². The smallest absolute Gasteiger partial charge is 0.418 e. The molecular weight excluding hydrogens is 418 g/mol. The van der Waals surface area contributed by atoms with E-state index in [1.807, 2.05) is 0 Å². The number of pyridine rings is 2. The summed E-state index contributed by atoms with van der Waals surface area (Å²) >= 11 is 0. The topological polar surface area (TPSA) is 7.76 Å². The fraction of sp³-hybridized carbons (Fsp3) is 0.444. The first-order valence-electron chi connectivity index (χ1n) is 9.41. The van der Waals surface area contributed by atoms with Crippen molar-refractivity contribution in [2.45, 2.75) is 45.7 Å². The average Bonchev–Trinajstić information content (AvgIpc) is 2.65. The summed E-state index contributed by atoms with van der Waals surface area (Å²) in [5.41, 5.74) is -0.0159. The second kappa shape index (κ2) is 12.5. The summed E-state index contributed by atoms with van der Waals surface area (Å²) in [4.78, 5) is 0. The summed E-state index contributed by atoms with van der Waals surface area (Å²) in [5, 5.41) is 0. The van der Waals surface area contributed by atoms with Crippen LogP contribution in [-0.2, 0) is 5.66 Å². The Balaban J connectivity index is 0.000000702. The van der Waals surface area contributed by atoms with E-state index in [-0.39, 0.29) is 5.66 Å². The molecule has 2 nitrogen and oxygen atoms in total. The molecule has 0 spiro atoms. The molecule has 2 aromatic heterocycles. The van der Waals surface area contributed by atoms with E-state index in [4.69, 9.17) is 0 Å². The van der Waals surface area contributed by atoms with Gasteiger partial charge in [0.1, 0.15) is 0 Å². The number of aromatic nitrogens is 2. The van der Waals surface area contributed by atoms with Crippen LogP contribution in [0.4, 0.5) is 34.5 Å². The van der Waals surface area contributed by atoms with Gasteiger partial charge in [-0.05, 0) is 5.92 Å². The van der Waals surface area contributed by atoms with Crippen molar-refractivity contribution in [3.05, 3.63) is 61.2 Å². The minimum atomic E-state index is -6.00. The zero-order chi connectivity index (χ0) is 23.4. The predicted molar refractivity (Wildman–Crippen MR) is 101 cm³/mol. The molecule has 1 atom stereocenters. The van der Waals surface area contributed by atoms with Gasteiger partial charge in [0.25, 0.3) is 0 Å². The maximum atomic E-state index is 9.75. The molecule has 0 saturated carbocycles. The largest absolute Gasteiger partial charge is 0.673 e. The molecule has 0 N–H and O–H groups in total. The Morgan fingerprint density at radius 1 is 0.667 bits per heavy atom. The van der Waals surface area contributed by atoms with Crippen LogP contribution in [-0.4, -0.2) is 14.5 Å². The molecule has 1 unspecified atom stereocenters. The summed E-state index contributed by atoms with van der Waals surface area (Å²) in [6.45, 7) is 6.90. The van der Waals surface area contributed by atoms with Crippen LogP contribution in [0.25, 0.3) is 0 Å². The summed E-state index contributed by atoms with van der Waals surface area (Å²) in [7, 11) is -12.0. The Morgan fingerprint density at radius 3 is 1.20 bits per heavy atom. The second-order valence-corrected chi connectivity index (χ2v) is 6.61. The SMILES string of the molecule is CCC(C)CC(CC)([n+]1ccccc1)[n+]1ccccc1.F[B-](F)(F)F.F[B-](F)(F)F. The lowest BCUT2D eigenvalue weighted by Crippen LogP contribution is -2.73. The van der Waals surface area contributed by atoms with Gasteiger partial charge >= 0.3 is 20.2 Å². The van der Waals surface area contributed by atoms with Crippen molar-refractivity contribution in [1.29, 1.82) is 0 Å². The Labute approximate surface area is 171 Å². The third-order valence-electron chi connectivity index (χ3n) is 4.33. The number of halogens is 8. The van der Waals surface area contributed by atoms with Crippen LogP contribution >= 0.6 is 0 Å². The fourth-order valence-electron chi connectivity index (χ4n) is 2.91. The third-order valence-corrected chi connectivity index (χ3v) is 4.33. The molecule has 0 aliphatic carbocycles. The minimum absolute atomic E-state index is 0.0159. The Hall–Kier alpha value is -2.13. The van der Waals surface area contributed by atoms with Crippen molar-refractivity contribution in [2.24, 2.45) is 5.92 Å². The molecule has 0 aliphatic rings. The average molecular weight is 444 g/mol. The van der Waals surface area contributed by atoms with E-state index in [2.05, 4.69) is 91.1 Å². The number of rotatable bonds is 6. The molecule has 0 fully saturated rings. The highest BCUT2D eigenvalue weighted by molar-refractivity contribution is 6.50. The zero-order valence-corrected chi connectivity index (χ0v) is 17.0. The Morgan fingerprint density at radius 2 is 0.967 bits per heavy atom. The van der Waals surface area contributed by atoms with E-state index in [9.17, 15) is 34.5 Å². The highest BCUT2D eigenvalue weighted by atomic mass is 19.5. The van der Waals surface area contributed by atoms with Gasteiger partial charge in [0.15, 0.2) is 24.8 Å². The molecule has 2 rings (SSSR count). The highest BCUT2D eigenvalue weighted by Gasteiger charge is 2.47. The summed E-state index contributed by atoms with van der Waals surface area (Å²) in [6.07, 6.45) is 12.2. The summed E-state index contributed by atoms with van der Waals surface area (Å²) in [5.74, 6) is 0.690. The molecule has 0 aromatic carbocycles. The molecule has 170 valence electrons. The molecule has 0 bridgehead atoms. The van der Waals surface area contributed by atoms with E-state index >= 15 is 0 Å². The predicted octanol–water partition coefficient (Wildman–Crippen LogP) is 5.91. The normalized spacial score (nSPS) is 12.8. The Kier molecular flexibility index (Phi) is 11.6. The number of hydrogen-bond donors (Lipinski definition) is 0. The molecule has 0 radical (unpaired) electrons. The third kappa shape index (κ3) is 12.4. The molecule has 12 heteroatoms. The van der Waals surface area contributed by atoms with Crippen LogP contribution in [0.15, 0.2) is 61.2 Å². The molecule has 30 heavy (non-hydrogen) atoms. The lowest BCUT2D eigenvalue weighted by atomic mass is 9.91. The van der Waals surface area contributed by atoms with E-state index in [0.29, 0.717) is 5.92 Å². The fourth-order valence-corrected chi connectivity index (χ4v) is 2.91. The van der Waals surface area contributed by atoms with Gasteiger partial charge < -0.3 is 34.5 Å². The minimum Gasteiger partial charge on any atom is -0.418 e. The first-order valence-corrected chi connectivity index (χ1v) is 9.41. The van der Waals surface area contributed by atoms with Crippen LogP contribution in [0.3, 0.4) is 0 Å². The van der Waals surface area contributed by atoms with Gasteiger partial charge in [-0.15, -0.1) is 9.13 Å². The lowest BCUT2D eigenvalue weighted by molar-refractivity contribution is -0.997. The van der Waals surface area contributed by atoms with Gasteiger partial charge in [-0.3, -0.25) is 0 Å². The van der Waals surface area contributed by atoms with Gasteiger partial charge in [-0.1, -0.05) is 39.3 Å². The second-order valence-electron chi connectivity index (χ2n) is 6.61. The Bertz CT molecular complexity index is 633. The molecule has 2 heterocycles. The molecule has 0 aliphatic heterocycles. The van der Waals surface area contributed by atoms with Crippen molar-refractivity contribution in [1.82, 2.24) is 0 Å². The van der Waals surface area contributed by atoms with Crippen LogP contribution < -0.4 is 9.13 Å². The quantitative estimate of drug-likeness (QED) is 0.298. The highest BCUT2D eigenvalue weighted by Crippen LogP contribution is 2.22. The van der Waals surface area contributed by atoms with E-state index in [1.54, 1.807) is 0 Å². The molecular formula is C18H26B2F8N2. The van der Waals surface area contributed by atoms with Crippen LogP contribution in [0.1, 0.15) is 40.0 Å². The summed E-state index contributed by atoms with van der Waals surface area (Å²) < 4.78 is 82.7. The van der Waals surface area contributed by atoms with Crippen molar-refractivity contribution < 1.29 is 43.7 Å². The van der Waals surface area contributed by atoms with E-state index in [1.165, 1.54) is 6.42 Å². The maximum Gasteiger partial charge on any atom is 0.673 e. The van der Waals surface area contributed by atoms with Crippen molar-refractivity contribution >= 4 is 14.5 Å². The van der Waals surface area contributed by atoms with Crippen LogP contribution in [0.2, 0.25) is 0 Å². The van der Waals surface area contributed by atoms with Crippen molar-refractivity contribution in [3.63, 3.8) is 0 Å². The van der Waals surface area contributed by atoms with Gasteiger partial charge in [0.05, 0.1) is 12.8 Å². The zero-order valence-electron chi connectivity index (χ0n) is 17.0. The molecule has 0 amide bonds. The lowest BCUT2D eigenvalue weighted by Gasteiger charge is -2.24. The first-order chi connectivity index (χ1) is 13.7.